The summed E-state index contributed by atoms with van der Waals surface area (Å²) in [5.41, 5.74) is -9.81. The van der Waals surface area contributed by atoms with E-state index in [1.54, 1.807) is 0 Å². The molecule has 2 unspecified atom stereocenters. The van der Waals surface area contributed by atoms with Gasteiger partial charge < -0.3 is 91.2 Å². The van der Waals surface area contributed by atoms with Crippen molar-refractivity contribution in [2.75, 3.05) is 13.2 Å². The number of rotatable bonds is 18. The van der Waals surface area contributed by atoms with Crippen LogP contribution in [0.15, 0.2) is 108 Å². The highest BCUT2D eigenvalue weighted by atomic mass is 16.6. The second-order valence-electron chi connectivity index (χ2n) is 14.9. The van der Waals surface area contributed by atoms with Crippen LogP contribution in [0.1, 0.15) is 17.5 Å². The van der Waals surface area contributed by atoms with Gasteiger partial charge in [-0.2, -0.15) is 0 Å². The molecule has 2 fully saturated rings. The fourth-order valence-electron chi connectivity index (χ4n) is 6.84. The minimum Gasteiger partial charge on any atom is -0.515 e. The van der Waals surface area contributed by atoms with E-state index >= 15 is 0 Å². The van der Waals surface area contributed by atoms with E-state index in [1.807, 2.05) is 0 Å². The van der Waals surface area contributed by atoms with Gasteiger partial charge in [-0.1, -0.05) is 36.4 Å². The summed E-state index contributed by atoms with van der Waals surface area (Å²) in [6.07, 6.45) is -20.6. The summed E-state index contributed by atoms with van der Waals surface area (Å²) in [6.45, 7) is -2.32. The Morgan fingerprint density at radius 3 is 1.15 bits per heavy atom. The number of aliphatic hydroxyl groups is 14. The van der Waals surface area contributed by atoms with Crippen molar-refractivity contribution in [1.82, 2.24) is 0 Å². The largest absolute Gasteiger partial charge is 0.515 e. The molecule has 2 aromatic rings. The van der Waals surface area contributed by atoms with Crippen LogP contribution >= 0.6 is 0 Å². The van der Waals surface area contributed by atoms with Gasteiger partial charge in [0.15, 0.2) is 0 Å². The predicted octanol–water partition coefficient (Wildman–Crippen LogP) is -2.59. The molecule has 4 rings (SSSR count). The first-order valence-corrected chi connectivity index (χ1v) is 19.3. The maximum atomic E-state index is 14.4. The lowest BCUT2D eigenvalue weighted by molar-refractivity contribution is -0.260. The third-order valence-corrected chi connectivity index (χ3v) is 10.6. The van der Waals surface area contributed by atoms with Crippen molar-refractivity contribution in [2.45, 2.75) is 78.7 Å². The van der Waals surface area contributed by atoms with Gasteiger partial charge in [-0.25, -0.2) is 0 Å². The van der Waals surface area contributed by atoms with Gasteiger partial charge in [0.2, 0.25) is 34.3 Å². The van der Waals surface area contributed by atoms with Gasteiger partial charge in [0, 0.05) is 29.7 Å². The van der Waals surface area contributed by atoms with E-state index in [4.69, 9.17) is 9.47 Å². The molecule has 2 aliphatic heterocycles. The van der Waals surface area contributed by atoms with Crippen LogP contribution < -0.4 is 0 Å². The summed E-state index contributed by atoms with van der Waals surface area (Å²) in [5.74, 6) is -10.1. The highest BCUT2D eigenvalue weighted by Crippen LogP contribution is 2.36. The van der Waals surface area contributed by atoms with Gasteiger partial charge in [0.05, 0.1) is 25.7 Å². The van der Waals surface area contributed by atoms with E-state index in [2.05, 4.69) is 0 Å². The van der Waals surface area contributed by atoms with Gasteiger partial charge >= 0.3 is 0 Å². The summed E-state index contributed by atoms with van der Waals surface area (Å²) in [4.78, 5) is 56.6. The van der Waals surface area contributed by atoms with Crippen molar-refractivity contribution in [3.63, 3.8) is 0 Å². The second kappa shape index (κ2) is 21.7. The molecule has 352 valence electrons. The van der Waals surface area contributed by atoms with E-state index < -0.39 is 138 Å². The van der Waals surface area contributed by atoms with Crippen LogP contribution in [-0.2, 0) is 28.7 Å². The number of phenolic OH excluding ortho intramolecular Hbond substituents is 2. The van der Waals surface area contributed by atoms with Crippen molar-refractivity contribution >= 4 is 35.3 Å². The minimum atomic E-state index is -3.92. The Morgan fingerprint density at radius 1 is 0.538 bits per heavy atom. The van der Waals surface area contributed by atoms with Crippen LogP contribution in [0, 0.1) is 0 Å². The van der Waals surface area contributed by atoms with Gasteiger partial charge in [0.25, 0.3) is 0 Å². The molecule has 65 heavy (non-hydrogen) atoms. The van der Waals surface area contributed by atoms with Crippen LogP contribution in [0.3, 0.4) is 0 Å². The molecule has 0 bridgehead atoms. The number of Topliss-reactive ketones (excluding diaryl/α,β-unsaturated/α-hetero) is 2. The van der Waals surface area contributed by atoms with Crippen LogP contribution in [0.25, 0.3) is 12.2 Å². The first-order valence-electron chi connectivity index (χ1n) is 19.3. The van der Waals surface area contributed by atoms with Crippen molar-refractivity contribution in [1.29, 1.82) is 0 Å². The number of ketones is 4. The van der Waals surface area contributed by atoms with Crippen LogP contribution in [-0.4, -0.2) is 190 Å². The smallest absolute Gasteiger partial charge is 0.219 e. The monoisotopic (exact) mass is 916 g/mol. The minimum absolute atomic E-state index is 0.120. The van der Waals surface area contributed by atoms with E-state index in [0.29, 0.717) is 11.1 Å². The standard InChI is InChI=1S/C43H48O22/c44-16-22(38(60)42(62,40-36(58)34(56)32(54)28(18-46)64-40)30(52)14-26(50)11-5-20-1-7-24(48)8-2-20)13-23(17-45)39(61)43(63,41-37(59)35(57)33(55)29(19-47)65-41)31(53)15-27(51)12-6-21-3-9-25(49)10-4-21/h1-12,14-17,28-29,32-37,40-41,44-51,54-59,62-63H,13,18-19H2/b11-5+,12-6+,22-16-,23-17+,26-14-,27-15?/t28-,29-,32-,33-,34+,35+,36-,37-,40-,41-,42?,43?/m1/s1. The average molecular weight is 917 g/mol. The molecule has 12 atom stereocenters. The number of carbonyl (C=O) groups excluding carboxylic acids is 4. The normalized spacial score (nSPS) is 29.0. The van der Waals surface area contributed by atoms with E-state index in [9.17, 15) is 101 Å². The second-order valence-corrected chi connectivity index (χ2v) is 14.9. The first-order chi connectivity index (χ1) is 30.6. The van der Waals surface area contributed by atoms with Crippen molar-refractivity contribution in [3.8, 4) is 11.5 Å². The molecule has 2 aromatic carbocycles. The Morgan fingerprint density at radius 2 is 0.862 bits per heavy atom. The summed E-state index contributed by atoms with van der Waals surface area (Å²) in [7, 11) is 0. The molecule has 0 aromatic heterocycles. The number of aliphatic hydroxyl groups excluding tert-OH is 12. The van der Waals surface area contributed by atoms with Crippen molar-refractivity contribution in [3.05, 3.63) is 119 Å². The highest BCUT2D eigenvalue weighted by molar-refractivity contribution is 6.24. The zero-order valence-electron chi connectivity index (χ0n) is 33.7. The lowest BCUT2D eigenvalue weighted by Crippen LogP contribution is -2.70. The molecule has 0 aliphatic carbocycles. The third-order valence-electron chi connectivity index (χ3n) is 10.6. The van der Waals surface area contributed by atoms with Gasteiger partial charge in [-0.15, -0.1) is 0 Å². The number of ether oxygens (including phenoxy) is 2. The predicted molar refractivity (Wildman–Crippen MR) is 219 cm³/mol. The first kappa shape index (κ1) is 51.5. The van der Waals surface area contributed by atoms with Crippen LogP contribution in [0.5, 0.6) is 11.5 Å². The topological polar surface area (TPSA) is 410 Å². The van der Waals surface area contributed by atoms with Crippen molar-refractivity contribution < 1.29 is 110 Å². The number of phenols is 2. The zero-order valence-corrected chi connectivity index (χ0v) is 33.7. The molecular weight excluding hydrogens is 868 g/mol. The average Bonchev–Trinajstić information content (AvgIpc) is 3.29. The van der Waals surface area contributed by atoms with Crippen LogP contribution in [0.4, 0.5) is 0 Å². The number of carbonyl (C=O) groups is 4. The Bertz CT molecular complexity index is 2070. The maximum Gasteiger partial charge on any atom is 0.219 e. The molecule has 2 heterocycles. The molecular formula is C43H48O22. The lowest BCUT2D eigenvalue weighted by Gasteiger charge is -2.45. The number of hydrogen-bond donors (Lipinski definition) is 16. The van der Waals surface area contributed by atoms with E-state index in [-0.39, 0.29) is 36.2 Å². The van der Waals surface area contributed by atoms with E-state index in [1.165, 1.54) is 60.7 Å². The molecule has 2 saturated heterocycles. The fraction of sp³-hybridized carbons (Fsp3) is 0.349. The van der Waals surface area contributed by atoms with Gasteiger partial charge in [0.1, 0.15) is 84.1 Å². The molecule has 0 radical (unpaired) electrons. The fourth-order valence-corrected chi connectivity index (χ4v) is 6.84. The molecule has 0 spiro atoms. The maximum absolute atomic E-state index is 14.4. The molecule has 0 saturated carbocycles. The van der Waals surface area contributed by atoms with Gasteiger partial charge in [-0.3, -0.25) is 19.2 Å². The SMILES string of the molecule is O=C(C=C(O)/C=C/c1ccc(O)cc1)C(O)(C(=O)/C(=C/O)C/C(=C/O)C(=O)C(O)(C(=O)/C=C(O)/C=C/c1ccc(O)cc1)[C@@H]1O[C@H](CO)[C@@H](O)[C@H](O)[C@H]1O)[C@@H]1O[C@H](CO)[C@@H](O)[C@H](O)[C@H]1O. The Balaban J connectivity index is 1.80. The van der Waals surface area contributed by atoms with Crippen molar-refractivity contribution in [2.24, 2.45) is 0 Å². The molecule has 22 heteroatoms. The highest BCUT2D eigenvalue weighted by Gasteiger charge is 2.62. The Kier molecular flexibility index (Phi) is 17.2. The summed E-state index contributed by atoms with van der Waals surface area (Å²) in [6, 6.07) is 10.6. The number of hydrogen-bond acceptors (Lipinski definition) is 22. The van der Waals surface area contributed by atoms with Gasteiger partial charge in [-0.05, 0) is 47.5 Å². The summed E-state index contributed by atoms with van der Waals surface area (Å²) < 4.78 is 10.6. The molecule has 2 aliphatic rings. The Hall–Kier alpha value is -6.12. The zero-order chi connectivity index (χ0) is 48.6. The number of allylic oxidation sites excluding steroid dienone is 2. The number of benzene rings is 2. The summed E-state index contributed by atoms with van der Waals surface area (Å²) >= 11 is 0. The number of aromatic hydroxyl groups is 2. The summed E-state index contributed by atoms with van der Waals surface area (Å²) in [5, 5.41) is 168. The quantitative estimate of drug-likeness (QED) is 0.0316. The molecule has 0 amide bonds. The Labute approximate surface area is 367 Å². The molecule has 16 N–H and O–H groups in total. The third kappa shape index (κ3) is 11.1. The molecule has 22 nitrogen and oxygen atoms in total. The van der Waals surface area contributed by atoms with E-state index in [0.717, 1.165) is 12.2 Å². The van der Waals surface area contributed by atoms with Crippen LogP contribution in [0.2, 0.25) is 0 Å². The lowest BCUT2D eigenvalue weighted by atomic mass is 9.74.